The molecule has 1 fully saturated rings. The fourth-order valence-corrected chi connectivity index (χ4v) is 3.13. The molecule has 1 aliphatic rings. The number of alkyl carbamates (subject to hydrolysis) is 1. The van der Waals surface area contributed by atoms with E-state index >= 15 is 0 Å². The monoisotopic (exact) mass is 334 g/mol. The Labute approximate surface area is 144 Å². The number of carbonyl (C=O) groups is 1. The van der Waals surface area contributed by atoms with Gasteiger partial charge in [0, 0.05) is 19.1 Å². The first-order valence-corrected chi connectivity index (χ1v) is 8.78. The summed E-state index contributed by atoms with van der Waals surface area (Å²) < 4.78 is 5.28. The van der Waals surface area contributed by atoms with Crippen LogP contribution in [0.15, 0.2) is 30.3 Å². The molecule has 0 saturated heterocycles. The smallest absolute Gasteiger partial charge is 0.407 e. The van der Waals surface area contributed by atoms with Crippen molar-refractivity contribution < 1.29 is 14.6 Å². The maximum Gasteiger partial charge on any atom is 0.407 e. The van der Waals surface area contributed by atoms with E-state index in [9.17, 15) is 9.90 Å². The topological polar surface area (TPSA) is 70.6 Å². The number of hydrogen-bond donors (Lipinski definition) is 3. The van der Waals surface area contributed by atoms with Crippen LogP contribution in [-0.4, -0.2) is 35.9 Å². The number of aliphatic hydroxyl groups is 1. The molecule has 0 spiro atoms. The quantitative estimate of drug-likeness (QED) is 0.748. The Kier molecular flexibility index (Phi) is 6.63. The van der Waals surface area contributed by atoms with E-state index in [4.69, 9.17) is 4.74 Å². The minimum atomic E-state index is -0.508. The minimum absolute atomic E-state index is 0.318. The van der Waals surface area contributed by atoms with Crippen LogP contribution in [-0.2, 0) is 4.74 Å². The number of aliphatic hydroxyl groups excluding tert-OH is 1. The molecule has 1 amide bonds. The molecule has 5 nitrogen and oxygen atoms in total. The number of nitrogens with one attached hydrogen (secondary N) is 2. The van der Waals surface area contributed by atoms with Crippen LogP contribution in [0.4, 0.5) is 4.79 Å². The highest BCUT2D eigenvalue weighted by atomic mass is 16.6. The Bertz CT molecular complexity index is 513. The first-order valence-electron chi connectivity index (χ1n) is 8.78. The predicted octanol–water partition coefficient (Wildman–Crippen LogP) is 3.00. The van der Waals surface area contributed by atoms with Crippen LogP contribution >= 0.6 is 0 Å². The van der Waals surface area contributed by atoms with Gasteiger partial charge >= 0.3 is 6.09 Å². The molecule has 1 saturated carbocycles. The van der Waals surface area contributed by atoms with Gasteiger partial charge in [-0.1, -0.05) is 36.8 Å². The molecule has 3 atom stereocenters. The van der Waals surface area contributed by atoms with Crippen LogP contribution in [0.1, 0.15) is 51.7 Å². The highest BCUT2D eigenvalue weighted by Gasteiger charge is 2.28. The lowest BCUT2D eigenvalue weighted by atomic mass is 10.0. The molecule has 5 heteroatoms. The Morgan fingerprint density at radius 2 is 2.00 bits per heavy atom. The average molecular weight is 334 g/mol. The normalized spacial score (nSPS) is 22.2. The summed E-state index contributed by atoms with van der Waals surface area (Å²) in [5.41, 5.74) is 0.448. The van der Waals surface area contributed by atoms with Crippen molar-refractivity contribution in [3.63, 3.8) is 0 Å². The van der Waals surface area contributed by atoms with E-state index < -0.39 is 11.7 Å². The number of hydrogen-bond acceptors (Lipinski definition) is 4. The Balaban J connectivity index is 1.75. The summed E-state index contributed by atoms with van der Waals surface area (Å²) in [7, 11) is 0. The maximum atomic E-state index is 11.8. The van der Waals surface area contributed by atoms with Crippen LogP contribution < -0.4 is 10.6 Å². The molecule has 0 heterocycles. The second-order valence-corrected chi connectivity index (χ2v) is 7.51. The summed E-state index contributed by atoms with van der Waals surface area (Å²) in [6.45, 7) is 6.71. The highest BCUT2D eigenvalue weighted by Crippen LogP contribution is 2.25. The van der Waals surface area contributed by atoms with E-state index in [1.165, 1.54) is 0 Å². The van der Waals surface area contributed by atoms with Crippen LogP contribution in [0.2, 0.25) is 0 Å². The van der Waals surface area contributed by atoms with E-state index in [0.717, 1.165) is 24.8 Å². The van der Waals surface area contributed by atoms with Crippen molar-refractivity contribution in [2.75, 3.05) is 13.1 Å². The van der Waals surface area contributed by atoms with Gasteiger partial charge in [0.1, 0.15) is 5.60 Å². The Morgan fingerprint density at radius 3 is 2.67 bits per heavy atom. The van der Waals surface area contributed by atoms with Crippen molar-refractivity contribution in [3.05, 3.63) is 35.9 Å². The molecular weight excluding hydrogens is 304 g/mol. The van der Waals surface area contributed by atoms with Crippen molar-refractivity contribution in [2.24, 2.45) is 5.92 Å². The van der Waals surface area contributed by atoms with E-state index in [1.807, 2.05) is 51.1 Å². The van der Waals surface area contributed by atoms with E-state index in [-0.39, 0.29) is 6.09 Å². The summed E-state index contributed by atoms with van der Waals surface area (Å²) in [6.07, 6.45) is 2.42. The summed E-state index contributed by atoms with van der Waals surface area (Å²) in [4.78, 5) is 11.8. The highest BCUT2D eigenvalue weighted by molar-refractivity contribution is 5.67. The van der Waals surface area contributed by atoms with Crippen LogP contribution in [0.5, 0.6) is 0 Å². The van der Waals surface area contributed by atoms with Crippen molar-refractivity contribution in [2.45, 2.75) is 57.8 Å². The minimum Gasteiger partial charge on any atom is -0.444 e. The molecule has 0 aliphatic heterocycles. The summed E-state index contributed by atoms with van der Waals surface area (Å²) in [5, 5.41) is 16.6. The zero-order valence-corrected chi connectivity index (χ0v) is 14.9. The predicted molar refractivity (Wildman–Crippen MR) is 94.8 cm³/mol. The summed E-state index contributed by atoms with van der Waals surface area (Å²) >= 11 is 0. The van der Waals surface area contributed by atoms with E-state index in [0.29, 0.717) is 25.0 Å². The molecule has 134 valence electrons. The van der Waals surface area contributed by atoms with Gasteiger partial charge in [-0.2, -0.15) is 0 Å². The van der Waals surface area contributed by atoms with Crippen molar-refractivity contribution in [1.29, 1.82) is 0 Å². The lowest BCUT2D eigenvalue weighted by molar-refractivity contribution is 0.0516. The van der Waals surface area contributed by atoms with Crippen molar-refractivity contribution >= 4 is 6.09 Å². The third-order valence-electron chi connectivity index (χ3n) is 4.32. The Hall–Kier alpha value is -1.59. The number of carbonyl (C=O) groups excluding carboxylic acids is 1. The maximum absolute atomic E-state index is 11.8. The first-order chi connectivity index (χ1) is 11.3. The van der Waals surface area contributed by atoms with Gasteiger partial charge in [-0.25, -0.2) is 4.79 Å². The molecule has 3 unspecified atom stereocenters. The number of amides is 1. The standard InChI is InChI=1S/C19H30N2O3/c1-19(2,3)24-18(23)21-12-15-10-7-11-16(15)20-13-17(22)14-8-5-4-6-9-14/h4-6,8-9,15-17,20,22H,7,10-13H2,1-3H3,(H,21,23). The third-order valence-corrected chi connectivity index (χ3v) is 4.32. The van der Waals surface area contributed by atoms with Crippen LogP contribution in [0.25, 0.3) is 0 Å². The lowest BCUT2D eigenvalue weighted by Gasteiger charge is -2.24. The summed E-state index contributed by atoms with van der Waals surface area (Å²) in [6, 6.07) is 9.99. The van der Waals surface area contributed by atoms with Crippen molar-refractivity contribution in [1.82, 2.24) is 10.6 Å². The summed E-state index contributed by atoms with van der Waals surface area (Å²) in [5.74, 6) is 0.375. The molecule has 24 heavy (non-hydrogen) atoms. The molecule has 0 radical (unpaired) electrons. The van der Waals surface area contributed by atoms with E-state index in [2.05, 4.69) is 10.6 Å². The van der Waals surface area contributed by atoms with Gasteiger partial charge in [0.15, 0.2) is 0 Å². The zero-order chi connectivity index (χ0) is 17.6. The number of rotatable bonds is 6. The fourth-order valence-electron chi connectivity index (χ4n) is 3.13. The van der Waals surface area contributed by atoms with E-state index in [1.54, 1.807) is 0 Å². The van der Waals surface area contributed by atoms with Gasteiger partial charge in [-0.3, -0.25) is 0 Å². The lowest BCUT2D eigenvalue weighted by Crippen LogP contribution is -2.42. The molecule has 0 aromatic heterocycles. The number of benzene rings is 1. The average Bonchev–Trinajstić information content (AvgIpc) is 2.97. The van der Waals surface area contributed by atoms with Gasteiger partial charge in [-0.15, -0.1) is 0 Å². The van der Waals surface area contributed by atoms with Gasteiger partial charge < -0.3 is 20.5 Å². The molecule has 1 aromatic rings. The second-order valence-electron chi connectivity index (χ2n) is 7.51. The molecule has 1 aliphatic carbocycles. The van der Waals surface area contributed by atoms with Crippen LogP contribution in [0.3, 0.4) is 0 Å². The van der Waals surface area contributed by atoms with Gasteiger partial charge in [0.2, 0.25) is 0 Å². The second kappa shape index (κ2) is 8.49. The Morgan fingerprint density at radius 1 is 1.29 bits per heavy atom. The fraction of sp³-hybridized carbons (Fsp3) is 0.632. The SMILES string of the molecule is CC(C)(C)OC(=O)NCC1CCCC1NCC(O)c1ccccc1. The van der Waals surface area contributed by atoms with Gasteiger partial charge in [0.05, 0.1) is 6.10 Å². The molecule has 0 bridgehead atoms. The molecule has 3 N–H and O–H groups in total. The van der Waals surface area contributed by atoms with Gasteiger partial charge in [-0.05, 0) is 45.1 Å². The number of ether oxygens (including phenoxy) is 1. The molecule has 1 aromatic carbocycles. The zero-order valence-electron chi connectivity index (χ0n) is 14.9. The van der Waals surface area contributed by atoms with Crippen LogP contribution in [0, 0.1) is 5.92 Å². The van der Waals surface area contributed by atoms with Crippen molar-refractivity contribution in [3.8, 4) is 0 Å². The molecular formula is C19H30N2O3. The largest absolute Gasteiger partial charge is 0.444 e. The van der Waals surface area contributed by atoms with Gasteiger partial charge in [0.25, 0.3) is 0 Å². The first kappa shape index (κ1) is 18.7. The molecule has 2 rings (SSSR count). The third kappa shape index (κ3) is 6.13.